The predicted octanol–water partition coefficient (Wildman–Crippen LogP) is 2.42. The normalized spacial score (nSPS) is 16.9. The Morgan fingerprint density at radius 3 is 2.75 bits per heavy atom. The molecule has 0 aliphatic heterocycles. The van der Waals surface area contributed by atoms with Gasteiger partial charge in [-0.3, -0.25) is 0 Å². The fraction of sp³-hybridized carbons (Fsp3) is 0.500. The molecule has 0 bridgehead atoms. The van der Waals surface area contributed by atoms with Gasteiger partial charge in [-0.15, -0.1) is 0 Å². The third kappa shape index (κ3) is 1.75. The largest absolute Gasteiger partial charge is 0.160 e. The zero-order valence-electron chi connectivity index (χ0n) is 6.70. The average molecular weight is 228 g/mol. The predicted molar refractivity (Wildman–Crippen MR) is 51.2 cm³/mol. The molecule has 0 radical (unpaired) electrons. The van der Waals surface area contributed by atoms with E-state index in [0.29, 0.717) is 0 Å². The standard InChI is InChI=1S/C8H10BrN3/c9-7-5-10-12(6-7)11-8-3-1-2-4-8/h5-6H,1-4H2. The van der Waals surface area contributed by atoms with Gasteiger partial charge in [0.05, 0.1) is 16.9 Å². The van der Waals surface area contributed by atoms with Crippen LogP contribution in [-0.2, 0) is 0 Å². The maximum absolute atomic E-state index is 4.37. The van der Waals surface area contributed by atoms with Gasteiger partial charge in [0.2, 0.25) is 0 Å². The van der Waals surface area contributed by atoms with Crippen LogP contribution in [0, 0.1) is 0 Å². The molecule has 1 aromatic rings. The van der Waals surface area contributed by atoms with Gasteiger partial charge >= 0.3 is 0 Å². The molecule has 0 unspecified atom stereocenters. The lowest BCUT2D eigenvalue weighted by atomic mass is 10.3. The molecule has 0 amide bonds. The van der Waals surface area contributed by atoms with E-state index in [1.165, 1.54) is 18.6 Å². The van der Waals surface area contributed by atoms with Gasteiger partial charge in [0.15, 0.2) is 0 Å². The highest BCUT2D eigenvalue weighted by Crippen LogP contribution is 2.15. The van der Waals surface area contributed by atoms with Crippen LogP contribution in [0.4, 0.5) is 0 Å². The Morgan fingerprint density at radius 2 is 2.17 bits per heavy atom. The van der Waals surface area contributed by atoms with E-state index >= 15 is 0 Å². The van der Waals surface area contributed by atoms with E-state index < -0.39 is 0 Å². The molecule has 1 saturated carbocycles. The molecule has 3 nitrogen and oxygen atoms in total. The van der Waals surface area contributed by atoms with Gasteiger partial charge in [0.1, 0.15) is 0 Å². The second-order valence-corrected chi connectivity index (χ2v) is 3.87. The molecule has 0 spiro atoms. The average Bonchev–Trinajstić information content (AvgIpc) is 2.63. The van der Waals surface area contributed by atoms with E-state index in [-0.39, 0.29) is 0 Å². The van der Waals surface area contributed by atoms with Crippen molar-refractivity contribution in [1.29, 1.82) is 0 Å². The van der Waals surface area contributed by atoms with Gasteiger partial charge in [0, 0.05) is 5.71 Å². The van der Waals surface area contributed by atoms with Crippen LogP contribution >= 0.6 is 15.9 Å². The highest BCUT2D eigenvalue weighted by Gasteiger charge is 2.08. The molecule has 0 aromatic carbocycles. The summed E-state index contributed by atoms with van der Waals surface area (Å²) in [5.41, 5.74) is 1.27. The summed E-state index contributed by atoms with van der Waals surface area (Å²) >= 11 is 3.33. The first-order chi connectivity index (χ1) is 5.84. The second-order valence-electron chi connectivity index (χ2n) is 2.95. The maximum Gasteiger partial charge on any atom is 0.0654 e. The Bertz CT molecular complexity index is 295. The zero-order chi connectivity index (χ0) is 8.39. The first kappa shape index (κ1) is 7.98. The Hall–Kier alpha value is -0.640. The van der Waals surface area contributed by atoms with Crippen LogP contribution in [-0.4, -0.2) is 15.6 Å². The summed E-state index contributed by atoms with van der Waals surface area (Å²) in [6.07, 6.45) is 8.45. The van der Waals surface area contributed by atoms with Crippen molar-refractivity contribution < 1.29 is 0 Å². The molecular formula is C8H10BrN3. The van der Waals surface area contributed by atoms with Crippen LogP contribution in [0.15, 0.2) is 22.0 Å². The molecule has 1 aliphatic carbocycles. The second kappa shape index (κ2) is 3.39. The summed E-state index contributed by atoms with van der Waals surface area (Å²) in [6.45, 7) is 0. The Labute approximate surface area is 79.6 Å². The molecule has 64 valence electrons. The summed E-state index contributed by atoms with van der Waals surface area (Å²) in [5, 5.41) is 8.43. The fourth-order valence-electron chi connectivity index (χ4n) is 1.37. The Kier molecular flexibility index (Phi) is 2.26. The van der Waals surface area contributed by atoms with E-state index in [1.807, 2.05) is 6.20 Å². The first-order valence-electron chi connectivity index (χ1n) is 4.11. The number of nitrogens with zero attached hydrogens (tertiary/aromatic N) is 3. The third-order valence-corrected chi connectivity index (χ3v) is 2.37. The quantitative estimate of drug-likeness (QED) is 0.725. The van der Waals surface area contributed by atoms with E-state index in [2.05, 4.69) is 26.1 Å². The van der Waals surface area contributed by atoms with Crippen molar-refractivity contribution in [2.75, 3.05) is 0 Å². The van der Waals surface area contributed by atoms with E-state index in [4.69, 9.17) is 0 Å². The number of aromatic nitrogens is 2. The molecule has 0 atom stereocenters. The van der Waals surface area contributed by atoms with Gasteiger partial charge in [0.25, 0.3) is 0 Å². The highest BCUT2D eigenvalue weighted by molar-refractivity contribution is 9.10. The first-order valence-corrected chi connectivity index (χ1v) is 4.91. The van der Waals surface area contributed by atoms with Crippen molar-refractivity contribution in [2.45, 2.75) is 25.7 Å². The van der Waals surface area contributed by atoms with E-state index in [9.17, 15) is 0 Å². The van der Waals surface area contributed by atoms with Gasteiger partial charge < -0.3 is 0 Å². The zero-order valence-corrected chi connectivity index (χ0v) is 8.29. The summed E-state index contributed by atoms with van der Waals surface area (Å²) in [5.74, 6) is 0. The molecular weight excluding hydrogens is 218 g/mol. The topological polar surface area (TPSA) is 30.2 Å². The Morgan fingerprint density at radius 1 is 1.42 bits per heavy atom. The molecule has 0 N–H and O–H groups in total. The lowest BCUT2D eigenvalue weighted by Gasteiger charge is -1.93. The van der Waals surface area contributed by atoms with E-state index in [1.54, 1.807) is 11.0 Å². The lowest BCUT2D eigenvalue weighted by Crippen LogP contribution is -1.96. The van der Waals surface area contributed by atoms with Gasteiger partial charge in [-0.25, -0.2) is 0 Å². The van der Waals surface area contributed by atoms with Crippen LogP contribution in [0.1, 0.15) is 25.7 Å². The van der Waals surface area contributed by atoms with Gasteiger partial charge in [-0.2, -0.15) is 15.0 Å². The number of hydrogen-bond acceptors (Lipinski definition) is 2. The van der Waals surface area contributed by atoms with Gasteiger partial charge in [-0.1, -0.05) is 0 Å². The summed E-state index contributed by atoms with van der Waals surface area (Å²) in [7, 11) is 0. The lowest BCUT2D eigenvalue weighted by molar-refractivity contribution is 0.736. The van der Waals surface area contributed by atoms with Crippen LogP contribution in [0.2, 0.25) is 0 Å². The highest BCUT2D eigenvalue weighted by atomic mass is 79.9. The monoisotopic (exact) mass is 227 g/mol. The van der Waals surface area contributed by atoms with Crippen molar-refractivity contribution in [3.63, 3.8) is 0 Å². The molecule has 1 aromatic heterocycles. The van der Waals surface area contributed by atoms with Crippen molar-refractivity contribution in [3.05, 3.63) is 16.9 Å². The maximum atomic E-state index is 4.37. The molecule has 1 aliphatic rings. The van der Waals surface area contributed by atoms with Crippen molar-refractivity contribution in [2.24, 2.45) is 5.10 Å². The summed E-state index contributed by atoms with van der Waals surface area (Å²) in [4.78, 5) is 1.63. The third-order valence-electron chi connectivity index (χ3n) is 1.96. The summed E-state index contributed by atoms with van der Waals surface area (Å²) in [6, 6.07) is 0. The minimum absolute atomic E-state index is 0.977. The summed E-state index contributed by atoms with van der Waals surface area (Å²) < 4.78 is 0.977. The smallest absolute Gasteiger partial charge is 0.0654 e. The molecule has 2 rings (SSSR count). The minimum atomic E-state index is 0.977. The van der Waals surface area contributed by atoms with Crippen molar-refractivity contribution in [1.82, 2.24) is 9.89 Å². The SMILES string of the molecule is Brc1cnn(N=C2CCCC2)c1. The van der Waals surface area contributed by atoms with Crippen molar-refractivity contribution in [3.8, 4) is 0 Å². The Balaban J connectivity index is 2.15. The number of hydrogen-bond donors (Lipinski definition) is 0. The van der Waals surface area contributed by atoms with Crippen LogP contribution in [0.5, 0.6) is 0 Å². The van der Waals surface area contributed by atoms with Crippen LogP contribution in [0.3, 0.4) is 0 Å². The fourth-order valence-corrected chi connectivity index (χ4v) is 1.65. The molecule has 0 saturated heterocycles. The molecule has 12 heavy (non-hydrogen) atoms. The minimum Gasteiger partial charge on any atom is -0.160 e. The van der Waals surface area contributed by atoms with Crippen molar-refractivity contribution >= 4 is 21.6 Å². The van der Waals surface area contributed by atoms with Crippen LogP contribution < -0.4 is 0 Å². The van der Waals surface area contributed by atoms with Crippen LogP contribution in [0.25, 0.3) is 0 Å². The van der Waals surface area contributed by atoms with Gasteiger partial charge in [-0.05, 0) is 41.6 Å². The molecule has 1 fully saturated rings. The molecule has 1 heterocycles. The number of halogens is 1. The molecule has 4 heteroatoms. The number of rotatable bonds is 1. The van der Waals surface area contributed by atoms with E-state index in [0.717, 1.165) is 17.3 Å².